The Bertz CT molecular complexity index is 567. The number of nitrogens with zero attached hydrogens (tertiary/aromatic N) is 2. The van der Waals surface area contributed by atoms with E-state index >= 15 is 0 Å². The molecule has 2 saturated heterocycles. The topological polar surface area (TPSA) is 61.9 Å². The van der Waals surface area contributed by atoms with E-state index in [4.69, 9.17) is 4.74 Å². The number of carbonyl (C=O) groups excluding carboxylic acids is 2. The Hall–Kier alpha value is -2.08. The van der Waals surface area contributed by atoms with Crippen molar-refractivity contribution in [3.05, 3.63) is 29.8 Å². The number of hydrogen-bond acceptors (Lipinski definition) is 4. The van der Waals surface area contributed by atoms with Crippen LogP contribution in [0.3, 0.4) is 0 Å². The summed E-state index contributed by atoms with van der Waals surface area (Å²) < 4.78 is 5.14. The zero-order valence-corrected chi connectivity index (χ0v) is 13.5. The molecule has 1 aromatic carbocycles. The number of likely N-dealkylation sites (tertiary alicyclic amines) is 1. The van der Waals surface area contributed by atoms with Crippen molar-refractivity contribution in [2.24, 2.45) is 5.92 Å². The molecule has 3 rings (SSSR count). The van der Waals surface area contributed by atoms with Gasteiger partial charge in [0.1, 0.15) is 5.75 Å². The van der Waals surface area contributed by atoms with Crippen LogP contribution in [0.4, 0.5) is 0 Å². The van der Waals surface area contributed by atoms with Gasteiger partial charge >= 0.3 is 0 Å². The van der Waals surface area contributed by atoms with E-state index in [0.29, 0.717) is 19.5 Å². The fourth-order valence-corrected chi connectivity index (χ4v) is 3.19. The molecule has 0 radical (unpaired) electrons. The molecule has 0 aliphatic carbocycles. The highest BCUT2D eigenvalue weighted by molar-refractivity contribution is 5.89. The molecule has 1 N–H and O–H groups in total. The van der Waals surface area contributed by atoms with Gasteiger partial charge in [0.25, 0.3) is 0 Å². The third-order valence-electron chi connectivity index (χ3n) is 4.52. The highest BCUT2D eigenvalue weighted by Crippen LogP contribution is 2.23. The molecule has 124 valence electrons. The van der Waals surface area contributed by atoms with Crippen molar-refractivity contribution in [2.45, 2.75) is 13.0 Å². The van der Waals surface area contributed by atoms with Gasteiger partial charge in [0, 0.05) is 45.7 Å². The van der Waals surface area contributed by atoms with Crippen LogP contribution in [0.2, 0.25) is 0 Å². The molecule has 1 atom stereocenters. The van der Waals surface area contributed by atoms with Gasteiger partial charge in [-0.05, 0) is 17.7 Å². The average Bonchev–Trinajstić information content (AvgIpc) is 2.96. The van der Waals surface area contributed by atoms with Gasteiger partial charge in [-0.15, -0.1) is 0 Å². The van der Waals surface area contributed by atoms with E-state index in [1.54, 1.807) is 12.0 Å². The molecule has 1 unspecified atom stereocenters. The minimum Gasteiger partial charge on any atom is -0.497 e. The van der Waals surface area contributed by atoms with Crippen LogP contribution in [0.15, 0.2) is 24.3 Å². The monoisotopic (exact) mass is 317 g/mol. The second-order valence-electron chi connectivity index (χ2n) is 6.10. The van der Waals surface area contributed by atoms with E-state index in [1.807, 2.05) is 29.2 Å². The molecule has 2 amide bonds. The first-order valence-electron chi connectivity index (χ1n) is 8.07. The second kappa shape index (κ2) is 7.00. The van der Waals surface area contributed by atoms with Crippen LogP contribution < -0.4 is 10.1 Å². The lowest BCUT2D eigenvalue weighted by Gasteiger charge is -2.29. The standard InChI is InChI=1S/C17H23N3O3/c1-23-15-4-2-13(3-5-15)11-20-12-14(10-16(20)21)17(22)19-8-6-18-7-9-19/h2-5,14,18H,6-12H2,1H3. The molecule has 2 fully saturated rings. The molecule has 0 bridgehead atoms. The summed E-state index contributed by atoms with van der Waals surface area (Å²) in [6, 6.07) is 7.69. The molecular formula is C17H23N3O3. The number of piperazine rings is 1. The summed E-state index contributed by atoms with van der Waals surface area (Å²) in [7, 11) is 1.63. The lowest BCUT2D eigenvalue weighted by Crippen LogP contribution is -2.48. The van der Waals surface area contributed by atoms with E-state index in [0.717, 1.165) is 37.5 Å². The van der Waals surface area contributed by atoms with Crippen LogP contribution in [-0.4, -0.2) is 61.4 Å². The van der Waals surface area contributed by atoms with E-state index in [2.05, 4.69) is 5.32 Å². The summed E-state index contributed by atoms with van der Waals surface area (Å²) in [4.78, 5) is 28.4. The van der Waals surface area contributed by atoms with Crippen LogP contribution in [0.25, 0.3) is 0 Å². The SMILES string of the molecule is COc1ccc(CN2CC(C(=O)N3CCNCC3)CC2=O)cc1. The van der Waals surface area contributed by atoms with Gasteiger partial charge in [-0.25, -0.2) is 0 Å². The van der Waals surface area contributed by atoms with Crippen LogP contribution in [0.5, 0.6) is 5.75 Å². The summed E-state index contributed by atoms with van der Waals surface area (Å²) in [5.74, 6) is 0.790. The zero-order chi connectivity index (χ0) is 16.2. The predicted octanol–water partition coefficient (Wildman–Crippen LogP) is 0.476. The maximum atomic E-state index is 12.5. The number of rotatable bonds is 4. The van der Waals surface area contributed by atoms with Crippen molar-refractivity contribution >= 4 is 11.8 Å². The normalized spacial score (nSPS) is 21.6. The van der Waals surface area contributed by atoms with Gasteiger partial charge in [-0.1, -0.05) is 12.1 Å². The molecule has 0 saturated carbocycles. The van der Waals surface area contributed by atoms with Crippen molar-refractivity contribution in [1.82, 2.24) is 15.1 Å². The Kier molecular flexibility index (Phi) is 4.81. The largest absolute Gasteiger partial charge is 0.497 e. The summed E-state index contributed by atoms with van der Waals surface area (Å²) in [5.41, 5.74) is 1.05. The number of methoxy groups -OCH3 is 1. The lowest BCUT2D eigenvalue weighted by atomic mass is 10.1. The smallest absolute Gasteiger partial charge is 0.228 e. The number of hydrogen-bond donors (Lipinski definition) is 1. The van der Waals surface area contributed by atoms with Crippen LogP contribution >= 0.6 is 0 Å². The molecule has 2 aliphatic heterocycles. The highest BCUT2D eigenvalue weighted by atomic mass is 16.5. The van der Waals surface area contributed by atoms with Crippen LogP contribution in [-0.2, 0) is 16.1 Å². The maximum absolute atomic E-state index is 12.5. The Morgan fingerprint density at radius 1 is 1.26 bits per heavy atom. The van der Waals surface area contributed by atoms with Crippen molar-refractivity contribution in [2.75, 3.05) is 39.8 Å². The summed E-state index contributed by atoms with van der Waals surface area (Å²) in [5, 5.41) is 3.24. The van der Waals surface area contributed by atoms with Crippen molar-refractivity contribution in [3.8, 4) is 5.75 Å². The first kappa shape index (κ1) is 15.8. The third kappa shape index (κ3) is 3.64. The number of benzene rings is 1. The van der Waals surface area contributed by atoms with Crippen LogP contribution in [0.1, 0.15) is 12.0 Å². The zero-order valence-electron chi connectivity index (χ0n) is 13.5. The molecule has 2 heterocycles. The molecular weight excluding hydrogens is 294 g/mol. The van der Waals surface area contributed by atoms with Gasteiger partial charge in [0.15, 0.2) is 0 Å². The average molecular weight is 317 g/mol. The van der Waals surface area contributed by atoms with Crippen molar-refractivity contribution < 1.29 is 14.3 Å². The van der Waals surface area contributed by atoms with Gasteiger partial charge in [-0.3, -0.25) is 9.59 Å². The van der Waals surface area contributed by atoms with E-state index in [9.17, 15) is 9.59 Å². The van der Waals surface area contributed by atoms with Gasteiger partial charge < -0.3 is 19.9 Å². The van der Waals surface area contributed by atoms with Crippen LogP contribution in [0, 0.1) is 5.92 Å². The third-order valence-corrected chi connectivity index (χ3v) is 4.52. The van der Waals surface area contributed by atoms with Crippen molar-refractivity contribution in [1.29, 1.82) is 0 Å². The molecule has 0 spiro atoms. The number of nitrogens with one attached hydrogen (secondary N) is 1. The Morgan fingerprint density at radius 3 is 2.61 bits per heavy atom. The van der Waals surface area contributed by atoms with E-state index < -0.39 is 0 Å². The minimum atomic E-state index is -0.196. The van der Waals surface area contributed by atoms with Gasteiger partial charge in [0.05, 0.1) is 13.0 Å². The molecule has 0 aromatic heterocycles. The fourth-order valence-electron chi connectivity index (χ4n) is 3.19. The van der Waals surface area contributed by atoms with Gasteiger partial charge in [-0.2, -0.15) is 0 Å². The number of carbonyl (C=O) groups is 2. The maximum Gasteiger partial charge on any atom is 0.228 e. The predicted molar refractivity (Wildman–Crippen MR) is 86.0 cm³/mol. The Balaban J connectivity index is 1.59. The quantitative estimate of drug-likeness (QED) is 0.877. The first-order valence-corrected chi connectivity index (χ1v) is 8.07. The summed E-state index contributed by atoms with van der Waals surface area (Å²) in [6.45, 7) is 4.22. The molecule has 1 aromatic rings. The summed E-state index contributed by atoms with van der Waals surface area (Å²) in [6.07, 6.45) is 0.332. The highest BCUT2D eigenvalue weighted by Gasteiger charge is 2.36. The molecule has 23 heavy (non-hydrogen) atoms. The number of ether oxygens (including phenoxy) is 1. The second-order valence-corrected chi connectivity index (χ2v) is 6.10. The summed E-state index contributed by atoms with van der Waals surface area (Å²) >= 11 is 0. The van der Waals surface area contributed by atoms with Crippen molar-refractivity contribution in [3.63, 3.8) is 0 Å². The molecule has 2 aliphatic rings. The van der Waals surface area contributed by atoms with Gasteiger partial charge in [0.2, 0.25) is 11.8 Å². The minimum absolute atomic E-state index is 0.0642. The van der Waals surface area contributed by atoms with E-state index in [1.165, 1.54) is 0 Å². The Labute approximate surface area is 136 Å². The molecule has 6 heteroatoms. The fraction of sp³-hybridized carbons (Fsp3) is 0.529. The Morgan fingerprint density at radius 2 is 1.96 bits per heavy atom. The number of amides is 2. The first-order chi connectivity index (χ1) is 11.2. The molecule has 6 nitrogen and oxygen atoms in total. The van der Waals surface area contributed by atoms with E-state index in [-0.39, 0.29) is 17.7 Å². The lowest BCUT2D eigenvalue weighted by molar-refractivity contribution is -0.136.